The molecule has 0 fully saturated rings. The van der Waals surface area contributed by atoms with E-state index in [0.717, 1.165) is 27.9 Å². The number of methoxy groups -OCH3 is 2. The second-order valence-corrected chi connectivity index (χ2v) is 6.31. The van der Waals surface area contributed by atoms with Crippen LogP contribution in [0.25, 0.3) is 0 Å². The number of thiazole rings is 1. The molecule has 26 heavy (non-hydrogen) atoms. The SMILES string of the molecule is CN=C(NCc1csc(N(C)C)n1)NCc1ccc(OC)cc1OC.I. The van der Waals surface area contributed by atoms with Crippen molar-refractivity contribution in [3.8, 4) is 11.5 Å². The van der Waals surface area contributed by atoms with Gasteiger partial charge in [-0.2, -0.15) is 0 Å². The topological polar surface area (TPSA) is 71.0 Å². The molecule has 0 aliphatic carbocycles. The normalized spacial score (nSPS) is 10.7. The van der Waals surface area contributed by atoms with Crippen LogP contribution in [0.15, 0.2) is 28.6 Å². The van der Waals surface area contributed by atoms with Gasteiger partial charge in [-0.3, -0.25) is 4.99 Å². The highest BCUT2D eigenvalue weighted by molar-refractivity contribution is 14.0. The van der Waals surface area contributed by atoms with Gasteiger partial charge in [0.05, 0.1) is 26.5 Å². The van der Waals surface area contributed by atoms with E-state index < -0.39 is 0 Å². The second kappa shape index (κ2) is 11.1. The molecule has 9 heteroatoms. The second-order valence-electron chi connectivity index (χ2n) is 5.47. The third-order valence-corrected chi connectivity index (χ3v) is 4.58. The van der Waals surface area contributed by atoms with Gasteiger partial charge in [0.15, 0.2) is 11.1 Å². The van der Waals surface area contributed by atoms with Gasteiger partial charge in [0.1, 0.15) is 11.5 Å². The fourth-order valence-electron chi connectivity index (χ4n) is 2.15. The van der Waals surface area contributed by atoms with Crippen molar-refractivity contribution < 1.29 is 9.47 Å². The monoisotopic (exact) mass is 491 g/mol. The van der Waals surface area contributed by atoms with Crippen LogP contribution in [-0.2, 0) is 13.1 Å². The highest BCUT2D eigenvalue weighted by atomic mass is 127. The first-order valence-corrected chi connectivity index (χ1v) is 8.72. The molecule has 0 bridgehead atoms. The number of hydrogen-bond acceptors (Lipinski definition) is 6. The molecule has 0 spiro atoms. The van der Waals surface area contributed by atoms with Crippen LogP contribution in [0.3, 0.4) is 0 Å². The summed E-state index contributed by atoms with van der Waals surface area (Å²) in [4.78, 5) is 10.8. The van der Waals surface area contributed by atoms with Crippen LogP contribution < -0.4 is 25.0 Å². The Morgan fingerprint density at radius 3 is 2.50 bits per heavy atom. The highest BCUT2D eigenvalue weighted by Crippen LogP contribution is 2.24. The van der Waals surface area contributed by atoms with Gasteiger partial charge in [-0.15, -0.1) is 35.3 Å². The Morgan fingerprint density at radius 1 is 1.19 bits per heavy atom. The summed E-state index contributed by atoms with van der Waals surface area (Å²) in [6, 6.07) is 5.75. The molecule has 0 saturated carbocycles. The Balaban J connectivity index is 0.00000338. The van der Waals surface area contributed by atoms with Crippen molar-refractivity contribution in [2.24, 2.45) is 4.99 Å². The van der Waals surface area contributed by atoms with Crippen LogP contribution in [0.5, 0.6) is 11.5 Å². The lowest BCUT2D eigenvalue weighted by Crippen LogP contribution is -2.36. The van der Waals surface area contributed by atoms with Crippen molar-refractivity contribution in [2.45, 2.75) is 13.1 Å². The van der Waals surface area contributed by atoms with Gasteiger partial charge in [-0.1, -0.05) is 0 Å². The third-order valence-electron chi connectivity index (χ3n) is 3.52. The summed E-state index contributed by atoms with van der Waals surface area (Å²) >= 11 is 1.62. The molecule has 144 valence electrons. The van der Waals surface area contributed by atoms with E-state index in [9.17, 15) is 0 Å². The van der Waals surface area contributed by atoms with Crippen molar-refractivity contribution >= 4 is 46.4 Å². The Bertz CT molecular complexity index is 721. The van der Waals surface area contributed by atoms with E-state index in [2.05, 4.69) is 20.6 Å². The number of rotatable bonds is 7. The van der Waals surface area contributed by atoms with Crippen LogP contribution in [-0.4, -0.2) is 46.3 Å². The number of nitrogens with zero attached hydrogens (tertiary/aromatic N) is 3. The summed E-state index contributed by atoms with van der Waals surface area (Å²) in [5.74, 6) is 2.25. The van der Waals surface area contributed by atoms with E-state index in [-0.39, 0.29) is 24.0 Å². The molecule has 2 rings (SSSR count). The number of guanidine groups is 1. The molecular weight excluding hydrogens is 465 g/mol. The number of hydrogen-bond donors (Lipinski definition) is 2. The minimum atomic E-state index is 0. The quantitative estimate of drug-likeness (QED) is 0.353. The summed E-state index contributed by atoms with van der Waals surface area (Å²) in [6.45, 7) is 1.20. The van der Waals surface area contributed by atoms with Crippen molar-refractivity contribution in [1.29, 1.82) is 0 Å². The first kappa shape index (κ1) is 22.3. The summed E-state index contributed by atoms with van der Waals surface area (Å²) in [6.07, 6.45) is 0. The molecule has 2 aromatic rings. The van der Waals surface area contributed by atoms with Gasteiger partial charge in [0.25, 0.3) is 0 Å². The lowest BCUT2D eigenvalue weighted by Gasteiger charge is -2.14. The lowest BCUT2D eigenvalue weighted by molar-refractivity contribution is 0.390. The van der Waals surface area contributed by atoms with Gasteiger partial charge in [-0.05, 0) is 12.1 Å². The maximum atomic E-state index is 5.41. The average Bonchev–Trinajstić information content (AvgIpc) is 3.11. The largest absolute Gasteiger partial charge is 0.497 e. The molecule has 0 atom stereocenters. The summed E-state index contributed by atoms with van der Waals surface area (Å²) in [5, 5.41) is 9.58. The zero-order valence-corrected chi connectivity index (χ0v) is 18.8. The van der Waals surface area contributed by atoms with Gasteiger partial charge in [-0.25, -0.2) is 4.98 Å². The predicted octanol–water partition coefficient (Wildman–Crippen LogP) is 2.71. The molecule has 0 saturated heterocycles. The minimum absolute atomic E-state index is 0. The maximum absolute atomic E-state index is 5.41. The third kappa shape index (κ3) is 6.20. The van der Waals surface area contributed by atoms with Crippen LogP contribution in [0.4, 0.5) is 5.13 Å². The maximum Gasteiger partial charge on any atom is 0.191 e. The smallest absolute Gasteiger partial charge is 0.191 e. The van der Waals surface area contributed by atoms with E-state index in [0.29, 0.717) is 19.0 Å². The number of benzene rings is 1. The Labute approximate surface area is 175 Å². The van der Waals surface area contributed by atoms with Crippen molar-refractivity contribution in [1.82, 2.24) is 15.6 Å². The number of aliphatic imine (C=N–C) groups is 1. The molecule has 2 N–H and O–H groups in total. The Kier molecular flexibility index (Phi) is 9.49. The van der Waals surface area contributed by atoms with Crippen molar-refractivity contribution in [3.63, 3.8) is 0 Å². The average molecular weight is 491 g/mol. The first-order valence-electron chi connectivity index (χ1n) is 7.84. The number of aromatic nitrogens is 1. The van der Waals surface area contributed by atoms with E-state index in [4.69, 9.17) is 9.47 Å². The summed E-state index contributed by atoms with van der Waals surface area (Å²) in [5.41, 5.74) is 2.01. The Hall–Kier alpha value is -1.75. The minimum Gasteiger partial charge on any atom is -0.497 e. The zero-order valence-electron chi connectivity index (χ0n) is 15.7. The molecule has 0 radical (unpaired) electrons. The molecule has 1 aromatic heterocycles. The van der Waals surface area contributed by atoms with E-state index >= 15 is 0 Å². The van der Waals surface area contributed by atoms with Crippen LogP contribution in [0.1, 0.15) is 11.3 Å². The van der Waals surface area contributed by atoms with Gasteiger partial charge >= 0.3 is 0 Å². The first-order chi connectivity index (χ1) is 12.1. The fraction of sp³-hybridized carbons (Fsp3) is 0.412. The molecule has 0 aliphatic heterocycles. The summed E-state index contributed by atoms with van der Waals surface area (Å²) < 4.78 is 10.6. The van der Waals surface area contributed by atoms with Crippen molar-refractivity contribution in [2.75, 3.05) is 40.3 Å². The predicted molar refractivity (Wildman–Crippen MR) is 118 cm³/mol. The highest BCUT2D eigenvalue weighted by Gasteiger charge is 2.07. The molecule has 7 nitrogen and oxygen atoms in total. The fourth-order valence-corrected chi connectivity index (χ4v) is 2.91. The molecule has 0 aliphatic rings. The number of halogens is 1. The Morgan fingerprint density at radius 2 is 1.92 bits per heavy atom. The van der Waals surface area contributed by atoms with Crippen molar-refractivity contribution in [3.05, 3.63) is 34.8 Å². The number of nitrogens with one attached hydrogen (secondary N) is 2. The molecule has 0 unspecified atom stereocenters. The van der Waals surface area contributed by atoms with E-state index in [1.165, 1.54) is 0 Å². The van der Waals surface area contributed by atoms with Gasteiger partial charge < -0.3 is 25.0 Å². The molecular formula is C17H26IN5O2S. The molecule has 0 amide bonds. The lowest BCUT2D eigenvalue weighted by atomic mass is 10.2. The molecule has 1 heterocycles. The summed E-state index contributed by atoms with van der Waals surface area (Å²) in [7, 11) is 9.00. The molecule has 1 aromatic carbocycles. The standard InChI is InChI=1S/C17H25N5O2S.HI/c1-18-16(20-10-13-11-25-17(21-13)22(2)3)19-9-12-6-7-14(23-4)8-15(12)24-5;/h6-8,11H,9-10H2,1-5H3,(H2,18,19,20);1H. The van der Waals surface area contributed by atoms with E-state index in [1.54, 1.807) is 32.6 Å². The van der Waals surface area contributed by atoms with E-state index in [1.807, 2.05) is 42.6 Å². The van der Waals surface area contributed by atoms with Gasteiger partial charge in [0, 0.05) is 44.7 Å². The van der Waals surface area contributed by atoms with Crippen LogP contribution in [0, 0.1) is 0 Å². The number of ether oxygens (including phenoxy) is 2. The zero-order chi connectivity index (χ0) is 18.2. The van der Waals surface area contributed by atoms with Crippen LogP contribution in [0.2, 0.25) is 0 Å². The number of anilines is 1. The van der Waals surface area contributed by atoms with Gasteiger partial charge in [0.2, 0.25) is 0 Å². The van der Waals surface area contributed by atoms with Crippen LogP contribution >= 0.6 is 35.3 Å².